The average molecular weight is 250 g/mol. The summed E-state index contributed by atoms with van der Waals surface area (Å²) in [6.07, 6.45) is 0. The summed E-state index contributed by atoms with van der Waals surface area (Å²) in [4.78, 5) is 0. The molecule has 0 spiro atoms. The molecule has 18 heavy (non-hydrogen) atoms. The molecule has 2 atom stereocenters. The number of ether oxygens (including phenoxy) is 1. The van der Waals surface area contributed by atoms with Crippen LogP contribution in [0.4, 0.5) is 0 Å². The van der Waals surface area contributed by atoms with Crippen molar-refractivity contribution >= 4 is 0 Å². The van der Waals surface area contributed by atoms with Gasteiger partial charge in [-0.15, -0.1) is 0 Å². The van der Waals surface area contributed by atoms with Crippen LogP contribution in [0.5, 0.6) is 5.75 Å². The van der Waals surface area contributed by atoms with Gasteiger partial charge in [-0.2, -0.15) is 0 Å². The Morgan fingerprint density at radius 1 is 1.22 bits per heavy atom. The summed E-state index contributed by atoms with van der Waals surface area (Å²) in [5.74, 6) is 2.06. The summed E-state index contributed by atoms with van der Waals surface area (Å²) in [7, 11) is 1.71. The second-order valence-electron chi connectivity index (χ2n) is 5.11. The van der Waals surface area contributed by atoms with Crippen LogP contribution in [0.3, 0.4) is 0 Å². The molecule has 1 unspecified atom stereocenters. The van der Waals surface area contributed by atoms with Gasteiger partial charge in [0, 0.05) is 11.6 Å². The van der Waals surface area contributed by atoms with Gasteiger partial charge in [0.2, 0.25) is 0 Å². The summed E-state index contributed by atoms with van der Waals surface area (Å²) in [6.45, 7) is 8.25. The Balaban J connectivity index is 2.62. The van der Waals surface area contributed by atoms with Crippen LogP contribution in [0, 0.1) is 11.8 Å². The second-order valence-corrected chi connectivity index (χ2v) is 5.11. The SMILES string of the molecule is COc1ccccc1[C@H](C)NCC(CN)C(C)C. The van der Waals surface area contributed by atoms with E-state index in [1.165, 1.54) is 5.56 Å². The first-order valence-corrected chi connectivity index (χ1v) is 6.66. The number of nitrogens with one attached hydrogen (secondary N) is 1. The third-order valence-electron chi connectivity index (χ3n) is 3.54. The average Bonchev–Trinajstić information content (AvgIpc) is 2.38. The van der Waals surface area contributed by atoms with E-state index in [1.54, 1.807) is 7.11 Å². The Morgan fingerprint density at radius 2 is 1.89 bits per heavy atom. The van der Waals surface area contributed by atoms with Crippen molar-refractivity contribution < 1.29 is 4.74 Å². The minimum Gasteiger partial charge on any atom is -0.496 e. The van der Waals surface area contributed by atoms with Gasteiger partial charge in [-0.05, 0) is 37.9 Å². The van der Waals surface area contributed by atoms with Crippen molar-refractivity contribution in [3.8, 4) is 5.75 Å². The quantitative estimate of drug-likeness (QED) is 0.782. The van der Waals surface area contributed by atoms with Gasteiger partial charge >= 0.3 is 0 Å². The molecule has 0 bridgehead atoms. The molecule has 0 radical (unpaired) electrons. The van der Waals surface area contributed by atoms with Crippen molar-refractivity contribution in [2.45, 2.75) is 26.8 Å². The third-order valence-corrected chi connectivity index (χ3v) is 3.54. The molecule has 0 fully saturated rings. The van der Waals surface area contributed by atoms with E-state index in [2.05, 4.69) is 32.2 Å². The van der Waals surface area contributed by atoms with E-state index in [1.807, 2.05) is 18.2 Å². The van der Waals surface area contributed by atoms with Crippen LogP contribution >= 0.6 is 0 Å². The zero-order valence-corrected chi connectivity index (χ0v) is 11.9. The predicted molar refractivity (Wildman–Crippen MR) is 76.8 cm³/mol. The molecule has 0 saturated heterocycles. The lowest BCUT2D eigenvalue weighted by molar-refractivity contribution is 0.350. The monoisotopic (exact) mass is 250 g/mol. The highest BCUT2D eigenvalue weighted by Gasteiger charge is 2.15. The zero-order valence-electron chi connectivity index (χ0n) is 11.9. The van der Waals surface area contributed by atoms with E-state index >= 15 is 0 Å². The lowest BCUT2D eigenvalue weighted by Crippen LogP contribution is -2.33. The van der Waals surface area contributed by atoms with Gasteiger partial charge in [0.1, 0.15) is 5.75 Å². The van der Waals surface area contributed by atoms with Crippen molar-refractivity contribution in [2.24, 2.45) is 17.6 Å². The molecule has 1 aromatic carbocycles. The molecule has 3 heteroatoms. The third kappa shape index (κ3) is 4.00. The molecule has 0 saturated carbocycles. The fourth-order valence-corrected chi connectivity index (χ4v) is 2.05. The first-order chi connectivity index (χ1) is 8.60. The molecule has 0 amide bonds. The topological polar surface area (TPSA) is 47.3 Å². The molecule has 1 rings (SSSR count). The van der Waals surface area contributed by atoms with Crippen LogP contribution in [0.2, 0.25) is 0 Å². The number of benzene rings is 1. The van der Waals surface area contributed by atoms with E-state index in [-0.39, 0.29) is 6.04 Å². The first kappa shape index (κ1) is 15.0. The number of rotatable bonds is 7. The summed E-state index contributed by atoms with van der Waals surface area (Å²) in [5.41, 5.74) is 6.98. The molecule has 0 aliphatic rings. The Kier molecular flexibility index (Phi) is 6.16. The molecule has 0 aromatic heterocycles. The van der Waals surface area contributed by atoms with Crippen LogP contribution in [0.1, 0.15) is 32.4 Å². The standard InChI is InChI=1S/C15H26N2O/c1-11(2)13(9-16)10-17-12(3)14-7-5-6-8-15(14)18-4/h5-8,11-13,17H,9-10,16H2,1-4H3/t12-,13?/m0/s1. The highest BCUT2D eigenvalue weighted by Crippen LogP contribution is 2.24. The molecule has 0 aliphatic heterocycles. The van der Waals surface area contributed by atoms with Crippen molar-refractivity contribution in [1.82, 2.24) is 5.32 Å². The van der Waals surface area contributed by atoms with Gasteiger partial charge < -0.3 is 15.8 Å². The van der Waals surface area contributed by atoms with Crippen molar-refractivity contribution in [2.75, 3.05) is 20.2 Å². The fraction of sp³-hybridized carbons (Fsp3) is 0.600. The highest BCUT2D eigenvalue weighted by atomic mass is 16.5. The number of hydrogen-bond acceptors (Lipinski definition) is 3. The number of hydrogen-bond donors (Lipinski definition) is 2. The molecule has 3 N–H and O–H groups in total. The maximum absolute atomic E-state index is 5.79. The summed E-state index contributed by atoms with van der Waals surface area (Å²) >= 11 is 0. The smallest absolute Gasteiger partial charge is 0.123 e. The highest BCUT2D eigenvalue weighted by molar-refractivity contribution is 5.35. The van der Waals surface area contributed by atoms with E-state index < -0.39 is 0 Å². The van der Waals surface area contributed by atoms with Crippen LogP contribution in [-0.4, -0.2) is 20.2 Å². The van der Waals surface area contributed by atoms with Gasteiger partial charge in [0.15, 0.2) is 0 Å². The minimum absolute atomic E-state index is 0.272. The van der Waals surface area contributed by atoms with Crippen molar-refractivity contribution in [3.63, 3.8) is 0 Å². The van der Waals surface area contributed by atoms with Crippen molar-refractivity contribution in [3.05, 3.63) is 29.8 Å². The molecular formula is C15H26N2O. The van der Waals surface area contributed by atoms with Gasteiger partial charge in [-0.25, -0.2) is 0 Å². The maximum Gasteiger partial charge on any atom is 0.123 e. The van der Waals surface area contributed by atoms with Crippen LogP contribution < -0.4 is 15.8 Å². The lowest BCUT2D eigenvalue weighted by Gasteiger charge is -2.23. The molecular weight excluding hydrogens is 224 g/mol. The Bertz CT molecular complexity index is 352. The van der Waals surface area contributed by atoms with E-state index in [0.29, 0.717) is 11.8 Å². The van der Waals surface area contributed by atoms with Crippen molar-refractivity contribution in [1.29, 1.82) is 0 Å². The number of methoxy groups -OCH3 is 1. The largest absolute Gasteiger partial charge is 0.496 e. The van der Waals surface area contributed by atoms with E-state index in [9.17, 15) is 0 Å². The summed E-state index contributed by atoms with van der Waals surface area (Å²) < 4.78 is 5.38. The zero-order chi connectivity index (χ0) is 13.5. The van der Waals surface area contributed by atoms with E-state index in [0.717, 1.165) is 18.8 Å². The Labute approximate surface area is 111 Å². The first-order valence-electron chi connectivity index (χ1n) is 6.66. The van der Waals surface area contributed by atoms with E-state index in [4.69, 9.17) is 10.5 Å². The number of para-hydroxylation sites is 1. The second kappa shape index (κ2) is 7.39. The Morgan fingerprint density at radius 3 is 2.44 bits per heavy atom. The summed E-state index contributed by atoms with van der Waals surface area (Å²) in [5, 5.41) is 3.55. The molecule has 102 valence electrons. The predicted octanol–water partition coefficient (Wildman–Crippen LogP) is 2.58. The fourth-order valence-electron chi connectivity index (χ4n) is 2.05. The number of nitrogens with two attached hydrogens (primary N) is 1. The maximum atomic E-state index is 5.79. The minimum atomic E-state index is 0.272. The van der Waals surface area contributed by atoms with Gasteiger partial charge in [0.05, 0.1) is 7.11 Å². The molecule has 1 aromatic rings. The van der Waals surface area contributed by atoms with Crippen LogP contribution in [-0.2, 0) is 0 Å². The van der Waals surface area contributed by atoms with Crippen LogP contribution in [0.15, 0.2) is 24.3 Å². The molecule has 0 aliphatic carbocycles. The van der Waals surface area contributed by atoms with Gasteiger partial charge in [-0.1, -0.05) is 32.0 Å². The molecule has 3 nitrogen and oxygen atoms in total. The summed E-state index contributed by atoms with van der Waals surface area (Å²) in [6, 6.07) is 8.40. The lowest BCUT2D eigenvalue weighted by atomic mass is 9.95. The normalized spacial score (nSPS) is 14.6. The van der Waals surface area contributed by atoms with Crippen LogP contribution in [0.25, 0.3) is 0 Å². The van der Waals surface area contributed by atoms with Gasteiger partial charge in [0.25, 0.3) is 0 Å². The molecule has 0 heterocycles. The Hall–Kier alpha value is -1.06. The van der Waals surface area contributed by atoms with Gasteiger partial charge in [-0.3, -0.25) is 0 Å².